The van der Waals surface area contributed by atoms with E-state index in [0.717, 1.165) is 15.2 Å². The number of hydrogen-bond acceptors (Lipinski definition) is 6. The summed E-state index contributed by atoms with van der Waals surface area (Å²) in [5.41, 5.74) is 3.36. The Bertz CT molecular complexity index is 1430. The molecule has 0 radical (unpaired) electrons. The molecule has 0 aromatic heterocycles. The summed E-state index contributed by atoms with van der Waals surface area (Å²) in [6, 6.07) is 25.3. The number of amides is 1. The van der Waals surface area contributed by atoms with Crippen molar-refractivity contribution in [3.05, 3.63) is 101 Å². The molecular weight excluding hydrogens is 536 g/mol. The topological polar surface area (TPSA) is 86.2 Å². The maximum atomic E-state index is 12.7. The number of esters is 1. The zero-order valence-corrected chi connectivity index (χ0v) is 21.9. The number of rotatable bonds is 9. The van der Waals surface area contributed by atoms with Crippen molar-refractivity contribution in [1.82, 2.24) is 5.43 Å². The zero-order valence-electron chi connectivity index (χ0n) is 20.3. The molecule has 0 saturated carbocycles. The van der Waals surface area contributed by atoms with Crippen LogP contribution in [0.1, 0.15) is 29.8 Å². The fourth-order valence-electron chi connectivity index (χ4n) is 3.52. The number of nitrogens with zero attached hydrogens (tertiary/aromatic N) is 1. The first-order valence-electron chi connectivity index (χ1n) is 11.7. The molecule has 0 aliphatic carbocycles. The molecule has 0 unspecified atom stereocenters. The van der Waals surface area contributed by atoms with E-state index in [1.807, 2.05) is 49.4 Å². The lowest BCUT2D eigenvalue weighted by molar-refractivity contribution is -0.127. The fourth-order valence-corrected chi connectivity index (χ4v) is 3.90. The first-order chi connectivity index (χ1) is 17.9. The van der Waals surface area contributed by atoms with Crippen molar-refractivity contribution in [2.24, 2.45) is 5.10 Å². The van der Waals surface area contributed by atoms with Crippen molar-refractivity contribution in [3.63, 3.8) is 0 Å². The highest BCUT2D eigenvalue weighted by molar-refractivity contribution is 9.10. The molecule has 0 fully saturated rings. The van der Waals surface area contributed by atoms with Crippen LogP contribution in [0.25, 0.3) is 10.8 Å². The van der Waals surface area contributed by atoms with Crippen LogP contribution in [0.2, 0.25) is 0 Å². The third kappa shape index (κ3) is 6.74. The number of carbonyl (C=O) groups is 2. The summed E-state index contributed by atoms with van der Waals surface area (Å²) in [5.74, 6) is 0.624. The summed E-state index contributed by atoms with van der Waals surface area (Å²) in [6.45, 7) is 4.08. The van der Waals surface area contributed by atoms with Crippen LogP contribution < -0.4 is 19.6 Å². The van der Waals surface area contributed by atoms with E-state index in [9.17, 15) is 9.59 Å². The van der Waals surface area contributed by atoms with Crippen LogP contribution >= 0.6 is 15.9 Å². The van der Waals surface area contributed by atoms with E-state index in [4.69, 9.17) is 14.2 Å². The number of carbonyl (C=O) groups excluding carboxylic acids is 2. The summed E-state index contributed by atoms with van der Waals surface area (Å²) >= 11 is 3.41. The van der Waals surface area contributed by atoms with Crippen LogP contribution in [-0.4, -0.2) is 30.8 Å². The molecule has 7 nitrogen and oxygen atoms in total. The van der Waals surface area contributed by atoms with Crippen molar-refractivity contribution in [2.75, 3.05) is 6.61 Å². The van der Waals surface area contributed by atoms with Gasteiger partial charge in [-0.05, 0) is 67.8 Å². The molecule has 188 valence electrons. The van der Waals surface area contributed by atoms with Crippen molar-refractivity contribution < 1.29 is 23.8 Å². The largest absolute Gasteiger partial charge is 0.494 e. The van der Waals surface area contributed by atoms with Gasteiger partial charge >= 0.3 is 5.97 Å². The Morgan fingerprint density at radius 2 is 1.73 bits per heavy atom. The van der Waals surface area contributed by atoms with Gasteiger partial charge in [-0.2, -0.15) is 5.10 Å². The van der Waals surface area contributed by atoms with Gasteiger partial charge in [-0.1, -0.05) is 52.3 Å². The van der Waals surface area contributed by atoms with Crippen LogP contribution in [0.4, 0.5) is 0 Å². The van der Waals surface area contributed by atoms with Crippen LogP contribution in [0.3, 0.4) is 0 Å². The van der Waals surface area contributed by atoms with Crippen molar-refractivity contribution >= 4 is 44.8 Å². The van der Waals surface area contributed by atoms with Gasteiger partial charge in [-0.25, -0.2) is 10.2 Å². The van der Waals surface area contributed by atoms with E-state index in [0.29, 0.717) is 35.0 Å². The lowest BCUT2D eigenvalue weighted by atomic mass is 10.1. The van der Waals surface area contributed by atoms with Crippen molar-refractivity contribution in [1.29, 1.82) is 0 Å². The average Bonchev–Trinajstić information content (AvgIpc) is 2.91. The molecule has 4 rings (SSSR count). The van der Waals surface area contributed by atoms with Gasteiger partial charge in [0.05, 0.1) is 18.4 Å². The Balaban J connectivity index is 1.41. The summed E-state index contributed by atoms with van der Waals surface area (Å²) in [5, 5.41) is 5.99. The maximum Gasteiger partial charge on any atom is 0.343 e. The Morgan fingerprint density at radius 3 is 2.51 bits per heavy atom. The Kier molecular flexibility index (Phi) is 8.53. The standard InChI is InChI=1S/C29H25BrN2O5/c1-3-35-24-14-11-21(12-15-24)29(34)37-26-16-13-23(30)17-22(26)18-31-32-28(33)19(2)36-27-10-6-8-20-7-4-5-9-25(20)27/h4-19H,3H2,1-2H3,(H,32,33)/b31-18-/t19-/m0/s1. The molecule has 1 amide bonds. The normalized spacial score (nSPS) is 11.8. The highest BCUT2D eigenvalue weighted by atomic mass is 79.9. The van der Waals surface area contributed by atoms with Gasteiger partial charge < -0.3 is 14.2 Å². The number of benzene rings is 4. The minimum Gasteiger partial charge on any atom is -0.494 e. The lowest BCUT2D eigenvalue weighted by Crippen LogP contribution is -2.33. The molecule has 0 heterocycles. The molecular formula is C29H25BrN2O5. The molecule has 1 N–H and O–H groups in total. The molecule has 0 aliphatic heterocycles. The summed E-state index contributed by atoms with van der Waals surface area (Å²) in [4.78, 5) is 25.3. The highest BCUT2D eigenvalue weighted by Crippen LogP contribution is 2.26. The average molecular weight is 561 g/mol. The maximum absolute atomic E-state index is 12.7. The second-order valence-electron chi connectivity index (χ2n) is 8.00. The third-order valence-corrected chi connectivity index (χ3v) is 5.87. The smallest absolute Gasteiger partial charge is 0.343 e. The van der Waals surface area contributed by atoms with Crippen LogP contribution in [0.15, 0.2) is 94.5 Å². The van der Waals surface area contributed by atoms with Gasteiger partial charge in [0.2, 0.25) is 0 Å². The Morgan fingerprint density at radius 1 is 0.973 bits per heavy atom. The molecule has 8 heteroatoms. The number of nitrogens with one attached hydrogen (secondary N) is 1. The summed E-state index contributed by atoms with van der Waals surface area (Å²) < 4.78 is 17.6. The monoisotopic (exact) mass is 560 g/mol. The third-order valence-electron chi connectivity index (χ3n) is 5.38. The number of fused-ring (bicyclic) bond motifs is 1. The predicted octanol–water partition coefficient (Wildman–Crippen LogP) is 6.14. The van der Waals surface area contributed by atoms with Crippen molar-refractivity contribution in [3.8, 4) is 17.2 Å². The van der Waals surface area contributed by atoms with Gasteiger partial charge in [0.1, 0.15) is 17.2 Å². The summed E-state index contributed by atoms with van der Waals surface area (Å²) in [6.07, 6.45) is 0.621. The molecule has 4 aromatic carbocycles. The highest BCUT2D eigenvalue weighted by Gasteiger charge is 2.16. The van der Waals surface area contributed by atoms with E-state index in [2.05, 4.69) is 26.5 Å². The molecule has 0 spiro atoms. The summed E-state index contributed by atoms with van der Waals surface area (Å²) in [7, 11) is 0. The van der Waals surface area contributed by atoms with Crippen LogP contribution in [0.5, 0.6) is 17.2 Å². The van der Waals surface area contributed by atoms with Gasteiger partial charge in [-0.15, -0.1) is 0 Å². The molecule has 0 aliphatic rings. The quantitative estimate of drug-likeness (QED) is 0.115. The van der Waals surface area contributed by atoms with E-state index in [-0.39, 0.29) is 0 Å². The first kappa shape index (κ1) is 25.9. The molecule has 0 bridgehead atoms. The van der Waals surface area contributed by atoms with Gasteiger partial charge in [0, 0.05) is 15.4 Å². The second kappa shape index (κ2) is 12.2. The van der Waals surface area contributed by atoms with E-state index in [1.54, 1.807) is 49.4 Å². The minimum absolute atomic E-state index is 0.292. The van der Waals surface area contributed by atoms with E-state index >= 15 is 0 Å². The lowest BCUT2D eigenvalue weighted by Gasteiger charge is -2.14. The number of hydrogen-bond donors (Lipinski definition) is 1. The number of hydrazone groups is 1. The zero-order chi connectivity index (χ0) is 26.2. The molecule has 0 saturated heterocycles. The van der Waals surface area contributed by atoms with Crippen LogP contribution in [0, 0.1) is 0 Å². The second-order valence-corrected chi connectivity index (χ2v) is 8.92. The van der Waals surface area contributed by atoms with Gasteiger partial charge in [0.15, 0.2) is 6.10 Å². The Hall–Kier alpha value is -4.17. The molecule has 37 heavy (non-hydrogen) atoms. The van der Waals surface area contributed by atoms with Gasteiger partial charge in [-0.3, -0.25) is 4.79 Å². The minimum atomic E-state index is -0.789. The number of halogens is 1. The number of ether oxygens (including phenoxy) is 3. The molecule has 1 atom stereocenters. The van der Waals surface area contributed by atoms with E-state index < -0.39 is 18.0 Å². The predicted molar refractivity (Wildman–Crippen MR) is 146 cm³/mol. The van der Waals surface area contributed by atoms with Crippen LogP contribution in [-0.2, 0) is 4.79 Å². The first-order valence-corrected chi connectivity index (χ1v) is 12.5. The van der Waals surface area contributed by atoms with Crippen molar-refractivity contribution in [2.45, 2.75) is 20.0 Å². The Labute approximate surface area is 223 Å². The fraction of sp³-hybridized carbons (Fsp3) is 0.138. The van der Waals surface area contributed by atoms with E-state index in [1.165, 1.54) is 6.21 Å². The SMILES string of the molecule is CCOc1ccc(C(=O)Oc2ccc(Br)cc2/C=N\NC(=O)[C@H](C)Oc2cccc3ccccc23)cc1. The molecule has 4 aromatic rings. The van der Waals surface area contributed by atoms with Gasteiger partial charge in [0.25, 0.3) is 5.91 Å².